The molecule has 1 atom stereocenters. The number of hydrogen-bond acceptors (Lipinski definition) is 6. The maximum Gasteiger partial charge on any atom is 0.427 e. The van der Waals surface area contributed by atoms with Gasteiger partial charge in [-0.25, -0.2) is 4.98 Å². The molecular formula is C12H17F3N4O2S. The van der Waals surface area contributed by atoms with Crippen molar-refractivity contribution < 1.29 is 22.7 Å². The minimum absolute atomic E-state index is 0.106. The fourth-order valence-corrected chi connectivity index (χ4v) is 3.04. The average Bonchev–Trinajstić information content (AvgIpc) is 2.87. The highest BCUT2D eigenvalue weighted by atomic mass is 32.1. The van der Waals surface area contributed by atoms with Crippen molar-refractivity contribution >= 4 is 22.4 Å². The first-order valence-electron chi connectivity index (χ1n) is 6.62. The first-order chi connectivity index (χ1) is 10.3. The summed E-state index contributed by atoms with van der Waals surface area (Å²) >= 11 is 0.624. The van der Waals surface area contributed by atoms with Crippen molar-refractivity contribution in [3.8, 4) is 0 Å². The number of primary amides is 1. The van der Waals surface area contributed by atoms with Gasteiger partial charge < -0.3 is 15.4 Å². The summed E-state index contributed by atoms with van der Waals surface area (Å²) in [5.41, 5.74) is 5.11. The largest absolute Gasteiger partial charge is 0.427 e. The first-order valence-corrected chi connectivity index (χ1v) is 7.44. The summed E-state index contributed by atoms with van der Waals surface area (Å²) in [6.45, 7) is 1.89. The molecule has 0 aliphatic carbocycles. The van der Waals surface area contributed by atoms with E-state index >= 15 is 0 Å². The Morgan fingerprint density at radius 3 is 2.95 bits per heavy atom. The number of hydrogen-bond donors (Lipinski definition) is 1. The summed E-state index contributed by atoms with van der Waals surface area (Å²) in [4.78, 5) is 17.5. The molecule has 1 unspecified atom stereocenters. The summed E-state index contributed by atoms with van der Waals surface area (Å²) in [5, 5.41) is 0.332. The Hall–Kier alpha value is -1.39. The maximum absolute atomic E-state index is 12.6. The summed E-state index contributed by atoms with van der Waals surface area (Å²) in [6.07, 6.45) is -3.73. The van der Waals surface area contributed by atoms with E-state index in [-0.39, 0.29) is 12.6 Å². The molecule has 2 heterocycles. The molecule has 1 aliphatic heterocycles. The second-order valence-corrected chi connectivity index (χ2v) is 6.12. The Balaban J connectivity index is 1.95. The third kappa shape index (κ3) is 4.55. The summed E-state index contributed by atoms with van der Waals surface area (Å²) in [5.74, 6) is -0.440. The second kappa shape index (κ2) is 6.80. The number of carbonyl (C=O) groups excluding carboxylic acids is 1. The van der Waals surface area contributed by atoms with Gasteiger partial charge in [-0.05, 0) is 7.05 Å². The molecule has 1 aliphatic rings. The maximum atomic E-state index is 12.6. The lowest BCUT2D eigenvalue weighted by molar-refractivity contribution is -0.134. The van der Waals surface area contributed by atoms with Gasteiger partial charge in [-0.15, -0.1) is 0 Å². The molecule has 10 heteroatoms. The minimum Gasteiger partial charge on any atom is -0.373 e. The van der Waals surface area contributed by atoms with Crippen molar-refractivity contribution in [3.05, 3.63) is 11.1 Å². The van der Waals surface area contributed by atoms with E-state index in [9.17, 15) is 18.0 Å². The van der Waals surface area contributed by atoms with E-state index in [0.29, 0.717) is 42.7 Å². The molecule has 0 aromatic carbocycles. The van der Waals surface area contributed by atoms with E-state index < -0.39 is 17.0 Å². The van der Waals surface area contributed by atoms with Gasteiger partial charge in [0.25, 0.3) is 0 Å². The van der Waals surface area contributed by atoms with Crippen LogP contribution in [0.5, 0.6) is 0 Å². The fourth-order valence-electron chi connectivity index (χ4n) is 2.22. The highest BCUT2D eigenvalue weighted by molar-refractivity contribution is 7.15. The van der Waals surface area contributed by atoms with E-state index in [4.69, 9.17) is 10.5 Å². The molecule has 2 N–H and O–H groups in total. The average molecular weight is 338 g/mol. The van der Waals surface area contributed by atoms with E-state index in [1.54, 1.807) is 16.8 Å². The van der Waals surface area contributed by atoms with E-state index in [0.717, 1.165) is 6.20 Å². The van der Waals surface area contributed by atoms with Gasteiger partial charge in [0.15, 0.2) is 5.13 Å². The van der Waals surface area contributed by atoms with E-state index in [2.05, 4.69) is 4.98 Å². The number of carbonyl (C=O) groups is 1. The lowest BCUT2D eigenvalue weighted by atomic mass is 10.2. The standard InChI is InChI=1S/C12H17F3N4O2S/c1-18(7-10(16)20)5-8-6-19(2-3-21-8)11-17-4-9(22-11)12(13,14)15/h4,8H,2-3,5-7H2,1H3,(H2,16,20). The number of nitrogens with zero attached hydrogens (tertiary/aromatic N) is 3. The number of alkyl halides is 3. The van der Waals surface area contributed by atoms with Gasteiger partial charge in [0, 0.05) is 19.6 Å². The van der Waals surface area contributed by atoms with Gasteiger partial charge in [0.2, 0.25) is 5.91 Å². The molecule has 22 heavy (non-hydrogen) atoms. The van der Waals surface area contributed by atoms with Crippen LogP contribution >= 0.6 is 11.3 Å². The van der Waals surface area contributed by atoms with Crippen LogP contribution in [0.25, 0.3) is 0 Å². The molecule has 1 fully saturated rings. The number of likely N-dealkylation sites (N-methyl/N-ethyl adjacent to an activating group) is 1. The van der Waals surface area contributed by atoms with Crippen molar-refractivity contribution in [2.24, 2.45) is 5.73 Å². The molecule has 124 valence electrons. The first kappa shape index (κ1) is 17.0. The normalized spacial score (nSPS) is 19.7. The van der Waals surface area contributed by atoms with E-state index in [1.807, 2.05) is 0 Å². The van der Waals surface area contributed by atoms with Crippen molar-refractivity contribution in [2.75, 3.05) is 44.7 Å². The number of anilines is 1. The molecule has 1 saturated heterocycles. The number of thiazole rings is 1. The Labute approximate surface area is 129 Å². The monoisotopic (exact) mass is 338 g/mol. The van der Waals surface area contributed by atoms with Gasteiger partial charge >= 0.3 is 6.18 Å². The van der Waals surface area contributed by atoms with Gasteiger partial charge in [0.05, 0.1) is 25.5 Å². The van der Waals surface area contributed by atoms with Crippen LogP contribution in [0.1, 0.15) is 4.88 Å². The van der Waals surface area contributed by atoms with Crippen LogP contribution < -0.4 is 10.6 Å². The molecule has 0 radical (unpaired) electrons. The number of ether oxygens (including phenoxy) is 1. The SMILES string of the molecule is CN(CC(N)=O)CC1CN(c2ncc(C(F)(F)F)s2)CCO1. The minimum atomic E-state index is -4.37. The van der Waals surface area contributed by atoms with Gasteiger partial charge in [-0.1, -0.05) is 11.3 Å². The smallest absolute Gasteiger partial charge is 0.373 e. The molecule has 2 rings (SSSR count). The Morgan fingerprint density at radius 2 is 2.36 bits per heavy atom. The molecule has 1 amide bonds. The van der Waals surface area contributed by atoms with Crippen molar-refractivity contribution in [3.63, 3.8) is 0 Å². The number of halogens is 3. The molecular weight excluding hydrogens is 321 g/mol. The zero-order chi connectivity index (χ0) is 16.3. The fraction of sp³-hybridized carbons (Fsp3) is 0.667. The quantitative estimate of drug-likeness (QED) is 0.859. The summed E-state index contributed by atoms with van der Waals surface area (Å²) < 4.78 is 43.4. The number of nitrogens with two attached hydrogens (primary N) is 1. The molecule has 1 aromatic rings. The third-order valence-corrected chi connectivity index (χ3v) is 4.23. The van der Waals surface area contributed by atoms with Crippen LogP contribution in [0.4, 0.5) is 18.3 Å². The van der Waals surface area contributed by atoms with Crippen LogP contribution in [0.15, 0.2) is 6.20 Å². The van der Waals surface area contributed by atoms with Crippen LogP contribution in [0.2, 0.25) is 0 Å². The lowest BCUT2D eigenvalue weighted by Crippen LogP contribution is -2.48. The zero-order valence-corrected chi connectivity index (χ0v) is 12.8. The predicted molar refractivity (Wildman–Crippen MR) is 75.8 cm³/mol. The summed E-state index contributed by atoms with van der Waals surface area (Å²) in [6, 6.07) is 0. The topological polar surface area (TPSA) is 71.7 Å². The van der Waals surface area contributed by atoms with Crippen LogP contribution in [0, 0.1) is 0 Å². The predicted octanol–water partition coefficient (Wildman–Crippen LogP) is 0.784. The van der Waals surface area contributed by atoms with E-state index in [1.165, 1.54) is 0 Å². The van der Waals surface area contributed by atoms with Crippen LogP contribution in [-0.4, -0.2) is 61.7 Å². The third-order valence-electron chi connectivity index (χ3n) is 3.12. The zero-order valence-electron chi connectivity index (χ0n) is 12.0. The van der Waals surface area contributed by atoms with Gasteiger partial charge in [0.1, 0.15) is 4.88 Å². The van der Waals surface area contributed by atoms with Crippen molar-refractivity contribution in [1.82, 2.24) is 9.88 Å². The second-order valence-electron chi connectivity index (χ2n) is 5.11. The lowest BCUT2D eigenvalue weighted by Gasteiger charge is -2.34. The number of amides is 1. The van der Waals surface area contributed by atoms with Crippen LogP contribution in [0.3, 0.4) is 0 Å². The van der Waals surface area contributed by atoms with Crippen molar-refractivity contribution in [1.29, 1.82) is 0 Å². The molecule has 1 aromatic heterocycles. The molecule has 0 bridgehead atoms. The van der Waals surface area contributed by atoms with Gasteiger partial charge in [-0.3, -0.25) is 9.69 Å². The highest BCUT2D eigenvalue weighted by Crippen LogP contribution is 2.36. The number of aromatic nitrogens is 1. The molecule has 0 saturated carbocycles. The molecule has 0 spiro atoms. The van der Waals surface area contributed by atoms with Gasteiger partial charge in [-0.2, -0.15) is 13.2 Å². The summed E-state index contributed by atoms with van der Waals surface area (Å²) in [7, 11) is 1.73. The molecule has 6 nitrogen and oxygen atoms in total. The Kier molecular flexibility index (Phi) is 5.24. The highest BCUT2D eigenvalue weighted by Gasteiger charge is 2.34. The number of morpholine rings is 1. The van der Waals surface area contributed by atoms with Crippen LogP contribution in [-0.2, 0) is 15.7 Å². The Morgan fingerprint density at radius 1 is 1.64 bits per heavy atom. The number of rotatable bonds is 5. The van der Waals surface area contributed by atoms with Crippen molar-refractivity contribution in [2.45, 2.75) is 12.3 Å². The Bertz CT molecular complexity index is 523.